The second-order valence-corrected chi connectivity index (χ2v) is 9.21. The molecular weight excluding hydrogens is 330 g/mol. The molecule has 3 rings (SSSR count). The van der Waals surface area contributed by atoms with E-state index in [4.69, 9.17) is 5.53 Å². The Balaban J connectivity index is 1.97. The zero-order chi connectivity index (χ0) is 19.1. The highest BCUT2D eigenvalue weighted by atomic mass is 16.4. The largest absolute Gasteiger partial charge is 0.481 e. The number of aliphatic hydroxyl groups excluding tert-OH is 1. The summed E-state index contributed by atoms with van der Waals surface area (Å²) in [6, 6.07) is 0. The lowest BCUT2D eigenvalue weighted by Gasteiger charge is -2.55. The van der Waals surface area contributed by atoms with Gasteiger partial charge in [0.15, 0.2) is 0 Å². The number of fused-ring (bicyclic) bond motifs is 1. The first-order valence-corrected chi connectivity index (χ1v) is 9.84. The summed E-state index contributed by atoms with van der Waals surface area (Å²) in [5.74, 6) is -0.564. The molecule has 6 nitrogen and oxygen atoms in total. The topological polar surface area (TPSA) is 106 Å². The molecule has 7 atom stereocenters. The molecule has 0 amide bonds. The quantitative estimate of drug-likeness (QED) is 0.332. The number of aliphatic hydroxyl groups is 1. The number of carboxylic acid groups (broad SMARTS) is 1. The fourth-order valence-corrected chi connectivity index (χ4v) is 6.54. The molecule has 3 saturated carbocycles. The minimum Gasteiger partial charge on any atom is -0.481 e. The lowest BCUT2D eigenvalue weighted by atomic mass is 9.49. The Morgan fingerprint density at radius 2 is 2.04 bits per heavy atom. The summed E-state index contributed by atoms with van der Waals surface area (Å²) in [4.78, 5) is 15.0. The molecule has 0 spiro atoms. The Morgan fingerprint density at radius 3 is 2.69 bits per heavy atom. The summed E-state index contributed by atoms with van der Waals surface area (Å²) >= 11 is 0. The maximum Gasteiger partial charge on any atom is 0.307 e. The van der Waals surface area contributed by atoms with Gasteiger partial charge in [0.1, 0.15) is 0 Å². The second kappa shape index (κ2) is 6.90. The summed E-state index contributed by atoms with van der Waals surface area (Å²) in [5.41, 5.74) is 9.91. The van der Waals surface area contributed by atoms with Crippen LogP contribution < -0.4 is 0 Å². The first kappa shape index (κ1) is 19.2. The van der Waals surface area contributed by atoms with E-state index in [9.17, 15) is 15.0 Å². The Kier molecular flexibility index (Phi) is 5.11. The van der Waals surface area contributed by atoms with Crippen molar-refractivity contribution in [3.63, 3.8) is 0 Å². The Labute approximate surface area is 155 Å². The van der Waals surface area contributed by atoms with Crippen LogP contribution in [0.2, 0.25) is 0 Å². The van der Waals surface area contributed by atoms with Gasteiger partial charge in [0.2, 0.25) is 0 Å². The van der Waals surface area contributed by atoms with Crippen molar-refractivity contribution >= 4 is 5.97 Å². The van der Waals surface area contributed by atoms with Crippen molar-refractivity contribution in [3.8, 4) is 0 Å². The number of aliphatic carboxylic acids is 1. The van der Waals surface area contributed by atoms with Gasteiger partial charge >= 0.3 is 5.97 Å². The number of allylic oxidation sites excluding steroid dienone is 1. The molecule has 0 aliphatic heterocycles. The number of carbonyl (C=O) groups is 1. The summed E-state index contributed by atoms with van der Waals surface area (Å²) in [7, 11) is 0. The van der Waals surface area contributed by atoms with E-state index >= 15 is 0 Å². The monoisotopic (exact) mass is 361 g/mol. The predicted octanol–water partition coefficient (Wildman–Crippen LogP) is 4.55. The molecule has 0 aromatic rings. The van der Waals surface area contributed by atoms with Crippen LogP contribution in [-0.4, -0.2) is 28.8 Å². The van der Waals surface area contributed by atoms with Crippen molar-refractivity contribution in [2.45, 2.75) is 64.9 Å². The van der Waals surface area contributed by atoms with Gasteiger partial charge in [0, 0.05) is 11.5 Å². The van der Waals surface area contributed by atoms with Gasteiger partial charge < -0.3 is 10.2 Å². The van der Waals surface area contributed by atoms with E-state index in [1.807, 2.05) is 0 Å². The van der Waals surface area contributed by atoms with Gasteiger partial charge in [-0.05, 0) is 79.1 Å². The highest BCUT2D eigenvalue weighted by molar-refractivity contribution is 5.71. The molecule has 0 bridgehead atoms. The molecule has 144 valence electrons. The number of azide groups is 1. The summed E-state index contributed by atoms with van der Waals surface area (Å²) in [6.07, 6.45) is 5.19. The second-order valence-electron chi connectivity index (χ2n) is 9.21. The van der Waals surface area contributed by atoms with Gasteiger partial charge in [-0.2, -0.15) is 0 Å². The number of nitrogens with zero attached hydrogens (tertiary/aromatic N) is 3. The normalized spacial score (nSPS) is 45.7. The van der Waals surface area contributed by atoms with Crippen LogP contribution in [0, 0.1) is 34.5 Å². The van der Waals surface area contributed by atoms with Gasteiger partial charge in [-0.1, -0.05) is 31.1 Å². The zero-order valence-corrected chi connectivity index (χ0v) is 15.9. The molecular formula is C20H31N3O3. The molecule has 3 aliphatic rings. The van der Waals surface area contributed by atoms with E-state index in [0.29, 0.717) is 31.7 Å². The molecule has 0 aromatic heterocycles. The summed E-state index contributed by atoms with van der Waals surface area (Å²) in [6.45, 7) is 9.11. The molecule has 0 aromatic carbocycles. The first-order chi connectivity index (χ1) is 12.2. The fraction of sp³-hybridized carbons (Fsp3) is 0.850. The molecule has 0 saturated heterocycles. The Hall–Kier alpha value is -1.52. The number of hydrogen-bond acceptors (Lipinski definition) is 3. The van der Waals surface area contributed by atoms with Gasteiger partial charge in [-0.3, -0.25) is 4.79 Å². The van der Waals surface area contributed by atoms with Crippen molar-refractivity contribution in [2.24, 2.45) is 39.6 Å². The Bertz CT molecular complexity index is 644. The number of hydrogen-bond donors (Lipinski definition) is 2. The van der Waals surface area contributed by atoms with Crippen LogP contribution in [0.3, 0.4) is 0 Å². The molecule has 3 fully saturated rings. The van der Waals surface area contributed by atoms with Gasteiger partial charge in [0.05, 0.1) is 12.0 Å². The highest BCUT2D eigenvalue weighted by Gasteiger charge is 2.57. The first-order valence-electron chi connectivity index (χ1n) is 9.84. The average molecular weight is 361 g/mol. The van der Waals surface area contributed by atoms with E-state index in [2.05, 4.69) is 30.5 Å². The van der Waals surface area contributed by atoms with E-state index in [-0.39, 0.29) is 22.7 Å². The van der Waals surface area contributed by atoms with Crippen LogP contribution in [0.5, 0.6) is 0 Å². The van der Waals surface area contributed by atoms with Crippen molar-refractivity contribution in [2.75, 3.05) is 6.54 Å². The third kappa shape index (κ3) is 2.93. The van der Waals surface area contributed by atoms with Crippen molar-refractivity contribution in [1.82, 2.24) is 0 Å². The number of rotatable bonds is 4. The van der Waals surface area contributed by atoms with Gasteiger partial charge in [0.25, 0.3) is 0 Å². The number of carboxylic acids is 1. The molecule has 6 heteroatoms. The minimum absolute atomic E-state index is 0.0788. The standard InChI is InChI=1S/C20H31N3O3/c1-12-4-5-15-14(11-22-23-21)16(7-9-19(12,15)2)20(3)8-6-13(24)10-17(20)18(25)26/h13-17,24H,1,4-11H2,2-3H3,(H,25,26)/t13-,14-,15-,16-,17+,19+,20+/m0/s1. The van der Waals surface area contributed by atoms with Crippen molar-refractivity contribution in [3.05, 3.63) is 22.6 Å². The maximum absolute atomic E-state index is 12.0. The van der Waals surface area contributed by atoms with Crippen molar-refractivity contribution in [1.29, 1.82) is 0 Å². The van der Waals surface area contributed by atoms with E-state index in [1.54, 1.807) is 0 Å². The summed E-state index contributed by atoms with van der Waals surface area (Å²) < 4.78 is 0. The highest BCUT2D eigenvalue weighted by Crippen LogP contribution is 2.63. The fourth-order valence-electron chi connectivity index (χ4n) is 6.54. The van der Waals surface area contributed by atoms with Crippen LogP contribution in [0.1, 0.15) is 58.8 Å². The van der Waals surface area contributed by atoms with Crippen LogP contribution in [-0.2, 0) is 4.79 Å². The zero-order valence-electron chi connectivity index (χ0n) is 15.9. The smallest absolute Gasteiger partial charge is 0.307 e. The SMILES string of the molecule is C=C1CC[C@H]2[C@H](CN=[N+]=[N-])[C@@H]([C@@]3(C)CC[C@H](O)C[C@@H]3C(=O)O)CC[C@]12C. The van der Waals surface area contributed by atoms with Crippen molar-refractivity contribution < 1.29 is 15.0 Å². The Morgan fingerprint density at radius 1 is 1.31 bits per heavy atom. The molecule has 0 radical (unpaired) electrons. The van der Waals surface area contributed by atoms with Crippen LogP contribution in [0.4, 0.5) is 0 Å². The lowest BCUT2D eigenvalue weighted by Crippen LogP contribution is -2.52. The van der Waals surface area contributed by atoms with Gasteiger partial charge in [-0.15, -0.1) is 0 Å². The lowest BCUT2D eigenvalue weighted by molar-refractivity contribution is -0.158. The molecule has 2 N–H and O–H groups in total. The third-order valence-corrected chi connectivity index (χ3v) is 8.21. The van der Waals surface area contributed by atoms with E-state index in [0.717, 1.165) is 25.7 Å². The average Bonchev–Trinajstić information content (AvgIpc) is 2.90. The molecule has 0 unspecified atom stereocenters. The molecule has 3 aliphatic carbocycles. The maximum atomic E-state index is 12.0. The predicted molar refractivity (Wildman–Crippen MR) is 99.3 cm³/mol. The van der Waals surface area contributed by atoms with E-state index < -0.39 is 18.0 Å². The van der Waals surface area contributed by atoms with Crippen LogP contribution in [0.15, 0.2) is 17.3 Å². The minimum atomic E-state index is -0.807. The molecule has 0 heterocycles. The van der Waals surface area contributed by atoms with Crippen LogP contribution >= 0.6 is 0 Å². The van der Waals surface area contributed by atoms with Gasteiger partial charge in [-0.25, -0.2) is 0 Å². The van der Waals surface area contributed by atoms with E-state index in [1.165, 1.54) is 5.57 Å². The molecule has 26 heavy (non-hydrogen) atoms. The third-order valence-electron chi connectivity index (χ3n) is 8.21. The van der Waals surface area contributed by atoms with Crippen LogP contribution in [0.25, 0.3) is 10.4 Å². The summed E-state index contributed by atoms with van der Waals surface area (Å²) in [5, 5.41) is 23.8.